The van der Waals surface area contributed by atoms with Gasteiger partial charge in [-0.3, -0.25) is 0 Å². The lowest BCUT2D eigenvalue weighted by Gasteiger charge is -2.27. The van der Waals surface area contributed by atoms with Gasteiger partial charge in [0.1, 0.15) is 28.9 Å². The van der Waals surface area contributed by atoms with E-state index < -0.39 is 0 Å². The molecule has 1 saturated heterocycles. The molecule has 0 bridgehead atoms. The van der Waals surface area contributed by atoms with Crippen molar-refractivity contribution in [1.82, 2.24) is 34.8 Å². The van der Waals surface area contributed by atoms with Gasteiger partial charge in [-0.05, 0) is 42.8 Å². The van der Waals surface area contributed by atoms with Crippen molar-refractivity contribution in [2.24, 2.45) is 7.05 Å². The van der Waals surface area contributed by atoms with Crippen LogP contribution in [-0.4, -0.2) is 55.7 Å². The molecule has 0 unspecified atom stereocenters. The van der Waals surface area contributed by atoms with Gasteiger partial charge < -0.3 is 24.8 Å². The molecule has 4 heterocycles. The van der Waals surface area contributed by atoms with E-state index in [-0.39, 0.29) is 0 Å². The molecule has 0 saturated carbocycles. The van der Waals surface area contributed by atoms with Crippen molar-refractivity contribution in [2.45, 2.75) is 6.92 Å². The molecule has 10 nitrogen and oxygen atoms in total. The van der Waals surface area contributed by atoms with E-state index in [2.05, 4.69) is 35.5 Å². The SMILES string of the molecule is Cc1cc(Nc2ncnc3cnc(N4CCNCC4)nc23)ccc1Oc1ccc2c(c1)ncn2C. The second kappa shape index (κ2) is 8.80. The van der Waals surface area contributed by atoms with Crippen LogP contribution in [0.3, 0.4) is 0 Å². The number of aromatic nitrogens is 6. The lowest BCUT2D eigenvalue weighted by atomic mass is 10.2. The maximum absolute atomic E-state index is 6.15. The minimum absolute atomic E-state index is 0.641. The summed E-state index contributed by atoms with van der Waals surface area (Å²) in [7, 11) is 1.98. The molecule has 2 aromatic carbocycles. The van der Waals surface area contributed by atoms with E-state index in [0.29, 0.717) is 22.8 Å². The number of piperazine rings is 1. The van der Waals surface area contributed by atoms with E-state index in [9.17, 15) is 0 Å². The number of hydrogen-bond acceptors (Lipinski definition) is 9. The van der Waals surface area contributed by atoms with Gasteiger partial charge in [0.05, 0.1) is 23.6 Å². The number of rotatable bonds is 5. The van der Waals surface area contributed by atoms with E-state index in [1.165, 1.54) is 6.33 Å². The first kappa shape index (κ1) is 21.2. The van der Waals surface area contributed by atoms with Crippen LogP contribution < -0.4 is 20.3 Å². The molecule has 0 radical (unpaired) electrons. The smallest absolute Gasteiger partial charge is 0.226 e. The summed E-state index contributed by atoms with van der Waals surface area (Å²) in [6.07, 6.45) is 5.08. The number of benzene rings is 2. The number of ether oxygens (including phenoxy) is 1. The van der Waals surface area contributed by atoms with Crippen molar-refractivity contribution in [2.75, 3.05) is 36.4 Å². The molecule has 3 aromatic heterocycles. The van der Waals surface area contributed by atoms with Gasteiger partial charge in [0.2, 0.25) is 5.95 Å². The van der Waals surface area contributed by atoms with Gasteiger partial charge >= 0.3 is 0 Å². The molecule has 10 heteroatoms. The highest BCUT2D eigenvalue weighted by Gasteiger charge is 2.16. The van der Waals surface area contributed by atoms with Crippen molar-refractivity contribution in [3.63, 3.8) is 0 Å². The number of fused-ring (bicyclic) bond motifs is 2. The molecule has 1 aliphatic rings. The van der Waals surface area contributed by atoms with Gasteiger partial charge in [-0.15, -0.1) is 0 Å². The summed E-state index contributed by atoms with van der Waals surface area (Å²) in [5.74, 6) is 2.87. The Kier molecular flexibility index (Phi) is 5.34. The number of hydrogen-bond donors (Lipinski definition) is 2. The Morgan fingerprint density at radius 3 is 2.71 bits per heavy atom. The van der Waals surface area contributed by atoms with Crippen LogP contribution in [0.2, 0.25) is 0 Å². The minimum atomic E-state index is 0.641. The fourth-order valence-electron chi connectivity index (χ4n) is 4.24. The Hall–Kier alpha value is -4.31. The summed E-state index contributed by atoms with van der Waals surface area (Å²) < 4.78 is 8.14. The number of imidazole rings is 1. The zero-order valence-corrected chi connectivity index (χ0v) is 19.6. The second-order valence-corrected chi connectivity index (χ2v) is 8.58. The van der Waals surface area contributed by atoms with Crippen molar-refractivity contribution in [3.05, 3.63) is 60.8 Å². The monoisotopic (exact) mass is 467 g/mol. The van der Waals surface area contributed by atoms with Gasteiger partial charge in [-0.1, -0.05) is 0 Å². The van der Waals surface area contributed by atoms with Crippen LogP contribution in [0, 0.1) is 6.92 Å². The van der Waals surface area contributed by atoms with E-state index in [1.54, 1.807) is 12.5 Å². The minimum Gasteiger partial charge on any atom is -0.457 e. The molecule has 35 heavy (non-hydrogen) atoms. The number of nitrogens with one attached hydrogen (secondary N) is 2. The third-order valence-electron chi connectivity index (χ3n) is 6.13. The maximum atomic E-state index is 6.15. The van der Waals surface area contributed by atoms with Crippen LogP contribution in [0.1, 0.15) is 5.56 Å². The van der Waals surface area contributed by atoms with Gasteiger partial charge in [0.15, 0.2) is 5.82 Å². The highest BCUT2D eigenvalue weighted by Crippen LogP contribution is 2.31. The molecule has 0 amide bonds. The van der Waals surface area contributed by atoms with Crippen molar-refractivity contribution >= 4 is 39.5 Å². The number of nitrogens with zero attached hydrogens (tertiary/aromatic N) is 7. The Morgan fingerprint density at radius 2 is 1.86 bits per heavy atom. The van der Waals surface area contributed by atoms with E-state index >= 15 is 0 Å². The Morgan fingerprint density at radius 1 is 0.971 bits per heavy atom. The molecular weight excluding hydrogens is 442 g/mol. The van der Waals surface area contributed by atoms with Crippen molar-refractivity contribution in [3.8, 4) is 11.5 Å². The highest BCUT2D eigenvalue weighted by molar-refractivity contribution is 5.87. The molecule has 6 rings (SSSR count). The van der Waals surface area contributed by atoms with Gasteiger partial charge in [0.25, 0.3) is 0 Å². The number of anilines is 3. The molecule has 1 fully saturated rings. The van der Waals surface area contributed by atoms with Crippen LogP contribution in [0.5, 0.6) is 11.5 Å². The zero-order chi connectivity index (χ0) is 23.8. The fourth-order valence-corrected chi connectivity index (χ4v) is 4.24. The van der Waals surface area contributed by atoms with Gasteiger partial charge in [-0.2, -0.15) is 0 Å². The Balaban J connectivity index is 1.25. The quantitative estimate of drug-likeness (QED) is 0.401. The summed E-state index contributed by atoms with van der Waals surface area (Å²) in [5.41, 5.74) is 5.23. The largest absolute Gasteiger partial charge is 0.457 e. The summed E-state index contributed by atoms with van der Waals surface area (Å²) in [5, 5.41) is 6.75. The highest BCUT2D eigenvalue weighted by atomic mass is 16.5. The molecule has 176 valence electrons. The zero-order valence-electron chi connectivity index (χ0n) is 19.6. The molecular formula is C25H25N9O. The van der Waals surface area contributed by atoms with Crippen LogP contribution in [0.25, 0.3) is 22.1 Å². The average Bonchev–Trinajstić information content (AvgIpc) is 3.26. The molecule has 0 aliphatic carbocycles. The summed E-state index contributed by atoms with van der Waals surface area (Å²) in [6.45, 7) is 5.59. The second-order valence-electron chi connectivity index (χ2n) is 8.58. The first-order chi connectivity index (χ1) is 17.1. The summed E-state index contributed by atoms with van der Waals surface area (Å²) >= 11 is 0. The normalized spacial score (nSPS) is 13.9. The topological polar surface area (TPSA) is 106 Å². The van der Waals surface area contributed by atoms with Crippen LogP contribution in [-0.2, 0) is 7.05 Å². The number of aryl methyl sites for hydroxylation is 2. The van der Waals surface area contributed by atoms with Crippen LogP contribution in [0.4, 0.5) is 17.5 Å². The fraction of sp³-hybridized carbons (Fsp3) is 0.240. The van der Waals surface area contributed by atoms with Gasteiger partial charge in [-0.25, -0.2) is 24.9 Å². The molecule has 1 aliphatic heterocycles. The Bertz CT molecular complexity index is 1520. The first-order valence-electron chi connectivity index (χ1n) is 11.5. The lowest BCUT2D eigenvalue weighted by molar-refractivity contribution is 0.479. The van der Waals surface area contributed by atoms with Crippen LogP contribution >= 0.6 is 0 Å². The first-order valence-corrected chi connectivity index (χ1v) is 11.5. The molecule has 2 N–H and O–H groups in total. The summed E-state index contributed by atoms with van der Waals surface area (Å²) in [4.78, 5) is 24.7. The van der Waals surface area contributed by atoms with E-state index in [1.807, 2.05) is 54.9 Å². The molecule has 0 spiro atoms. The molecule has 0 atom stereocenters. The van der Waals surface area contributed by atoms with Crippen molar-refractivity contribution < 1.29 is 4.74 Å². The van der Waals surface area contributed by atoms with Gasteiger partial charge in [0, 0.05) is 45.0 Å². The molecule has 5 aromatic rings. The van der Waals surface area contributed by atoms with Crippen LogP contribution in [0.15, 0.2) is 55.2 Å². The maximum Gasteiger partial charge on any atom is 0.226 e. The Labute approximate surface area is 202 Å². The lowest BCUT2D eigenvalue weighted by Crippen LogP contribution is -2.44. The third-order valence-corrected chi connectivity index (χ3v) is 6.13. The summed E-state index contributed by atoms with van der Waals surface area (Å²) in [6, 6.07) is 11.9. The predicted octanol–water partition coefficient (Wildman–Crippen LogP) is 3.56. The van der Waals surface area contributed by atoms with E-state index in [0.717, 1.165) is 60.0 Å². The van der Waals surface area contributed by atoms with Crippen molar-refractivity contribution in [1.29, 1.82) is 0 Å². The average molecular weight is 468 g/mol. The third kappa shape index (κ3) is 4.19. The predicted molar refractivity (Wildman–Crippen MR) is 135 cm³/mol. The van der Waals surface area contributed by atoms with E-state index in [4.69, 9.17) is 9.72 Å². The standard InChI is InChI=1S/C25H25N9O/c1-16-11-17(3-6-22(16)35-18-4-5-21-19(12-18)30-15-33(21)2)31-24-23-20(28-14-29-24)13-27-25(32-23)34-9-7-26-8-10-34/h3-6,11-15,26H,7-10H2,1-2H3,(H,28,29,31).